The molecule has 0 saturated carbocycles. The Labute approximate surface area is 134 Å². The Kier molecular flexibility index (Phi) is 4.78. The molecule has 1 heterocycles. The van der Waals surface area contributed by atoms with Gasteiger partial charge in [-0.1, -0.05) is 6.07 Å². The number of ether oxygens (including phenoxy) is 1. The number of halogens is 2. The number of hydrogen-bond donors (Lipinski definition) is 1. The van der Waals surface area contributed by atoms with Crippen molar-refractivity contribution in [3.05, 3.63) is 34.1 Å². The van der Waals surface area contributed by atoms with Crippen LogP contribution in [-0.2, 0) is 4.74 Å². The predicted molar refractivity (Wildman–Crippen MR) is 86.7 cm³/mol. The summed E-state index contributed by atoms with van der Waals surface area (Å²) in [4.78, 5) is 2.34. The highest BCUT2D eigenvalue weighted by Gasteiger charge is 2.40. The smallest absolute Gasteiger partial charge is 0.137 e. The lowest BCUT2D eigenvalue weighted by Crippen LogP contribution is -2.58. The van der Waals surface area contributed by atoms with Gasteiger partial charge in [0.1, 0.15) is 5.82 Å². The van der Waals surface area contributed by atoms with E-state index in [4.69, 9.17) is 10.5 Å². The zero-order chi connectivity index (χ0) is 15.8. The van der Waals surface area contributed by atoms with E-state index < -0.39 is 0 Å². The van der Waals surface area contributed by atoms with Gasteiger partial charge in [0, 0.05) is 25.7 Å². The number of rotatable bonds is 3. The summed E-state index contributed by atoms with van der Waals surface area (Å²) in [5.74, 6) is -0.253. The van der Waals surface area contributed by atoms with E-state index in [1.807, 2.05) is 12.1 Å². The van der Waals surface area contributed by atoms with Crippen LogP contribution in [0.4, 0.5) is 4.39 Å². The maximum absolute atomic E-state index is 13.4. The summed E-state index contributed by atoms with van der Waals surface area (Å²) in [7, 11) is 0. The van der Waals surface area contributed by atoms with Gasteiger partial charge in [-0.05, 0) is 61.3 Å². The Bertz CT molecular complexity index is 503. The number of nitrogens with zero attached hydrogens (tertiary/aromatic N) is 1. The fourth-order valence-electron chi connectivity index (χ4n) is 3.28. The molecule has 3 nitrogen and oxygen atoms in total. The topological polar surface area (TPSA) is 38.5 Å². The molecular formula is C16H24BrFN2O. The van der Waals surface area contributed by atoms with Crippen molar-refractivity contribution in [1.29, 1.82) is 0 Å². The molecule has 0 bridgehead atoms. The van der Waals surface area contributed by atoms with Crippen molar-refractivity contribution in [2.75, 3.05) is 19.6 Å². The molecule has 2 rings (SSSR count). The molecule has 1 aliphatic rings. The van der Waals surface area contributed by atoms with Crippen LogP contribution in [0.3, 0.4) is 0 Å². The normalized spacial score (nSPS) is 23.0. The van der Waals surface area contributed by atoms with E-state index in [9.17, 15) is 4.39 Å². The van der Waals surface area contributed by atoms with Gasteiger partial charge in [0.25, 0.3) is 0 Å². The highest BCUT2D eigenvalue weighted by Crippen LogP contribution is 2.34. The predicted octanol–water partition coefficient (Wildman–Crippen LogP) is 3.48. The van der Waals surface area contributed by atoms with Crippen LogP contribution in [0, 0.1) is 5.82 Å². The van der Waals surface area contributed by atoms with E-state index in [1.54, 1.807) is 0 Å². The monoisotopic (exact) mass is 358 g/mol. The van der Waals surface area contributed by atoms with E-state index in [0.29, 0.717) is 11.0 Å². The third kappa shape index (κ3) is 4.03. The van der Waals surface area contributed by atoms with E-state index >= 15 is 0 Å². The Hall–Kier alpha value is -0.490. The third-order valence-corrected chi connectivity index (χ3v) is 4.32. The minimum absolute atomic E-state index is 0.0596. The Morgan fingerprint density at radius 3 is 2.33 bits per heavy atom. The van der Waals surface area contributed by atoms with Gasteiger partial charge < -0.3 is 10.5 Å². The van der Waals surface area contributed by atoms with E-state index in [2.05, 4.69) is 48.5 Å². The molecule has 1 aliphatic heterocycles. The summed E-state index contributed by atoms with van der Waals surface area (Å²) < 4.78 is 20.0. The Balaban J connectivity index is 2.29. The molecule has 5 heteroatoms. The first kappa shape index (κ1) is 16.9. The van der Waals surface area contributed by atoms with Gasteiger partial charge in [0.15, 0.2) is 0 Å². The maximum Gasteiger partial charge on any atom is 0.137 e. The summed E-state index contributed by atoms with van der Waals surface area (Å²) in [5.41, 5.74) is 6.58. The quantitative estimate of drug-likeness (QED) is 0.898. The van der Waals surface area contributed by atoms with Crippen molar-refractivity contribution < 1.29 is 9.13 Å². The first-order chi connectivity index (χ1) is 9.63. The Morgan fingerprint density at radius 1 is 1.29 bits per heavy atom. The molecule has 0 spiro atoms. The SMILES string of the molecule is CC1(C)CN(C(CN)c2ccc(F)c(Br)c2)CC(C)(C)O1. The summed E-state index contributed by atoms with van der Waals surface area (Å²) in [6.45, 7) is 10.5. The Morgan fingerprint density at radius 2 is 1.86 bits per heavy atom. The minimum Gasteiger partial charge on any atom is -0.367 e. The van der Waals surface area contributed by atoms with Gasteiger partial charge in [-0.25, -0.2) is 4.39 Å². The number of hydrogen-bond acceptors (Lipinski definition) is 3. The second-order valence-electron chi connectivity index (χ2n) is 6.95. The number of nitrogens with two attached hydrogens (primary N) is 1. The minimum atomic E-state index is -0.253. The van der Waals surface area contributed by atoms with E-state index in [0.717, 1.165) is 18.7 Å². The van der Waals surface area contributed by atoms with Gasteiger partial charge in [0.05, 0.1) is 15.7 Å². The molecule has 1 aromatic carbocycles. The molecule has 0 aliphatic carbocycles. The van der Waals surface area contributed by atoms with Crippen LogP contribution >= 0.6 is 15.9 Å². The van der Waals surface area contributed by atoms with Crippen molar-refractivity contribution in [3.63, 3.8) is 0 Å². The van der Waals surface area contributed by atoms with Gasteiger partial charge in [-0.2, -0.15) is 0 Å². The average molecular weight is 359 g/mol. The largest absolute Gasteiger partial charge is 0.367 e. The van der Waals surface area contributed by atoms with E-state index in [-0.39, 0.29) is 23.1 Å². The van der Waals surface area contributed by atoms with Crippen LogP contribution in [0.25, 0.3) is 0 Å². The molecule has 0 aromatic heterocycles. The highest BCUT2D eigenvalue weighted by atomic mass is 79.9. The molecule has 1 fully saturated rings. The van der Waals surface area contributed by atoms with Crippen LogP contribution in [0.5, 0.6) is 0 Å². The molecule has 1 saturated heterocycles. The van der Waals surface area contributed by atoms with Crippen molar-refractivity contribution in [2.45, 2.75) is 44.9 Å². The maximum atomic E-state index is 13.4. The van der Waals surface area contributed by atoms with Crippen LogP contribution in [0.1, 0.15) is 39.3 Å². The van der Waals surface area contributed by atoms with Crippen LogP contribution < -0.4 is 5.73 Å². The number of morpholine rings is 1. The zero-order valence-electron chi connectivity index (χ0n) is 13.1. The lowest BCUT2D eigenvalue weighted by atomic mass is 9.95. The summed E-state index contributed by atoms with van der Waals surface area (Å²) >= 11 is 3.25. The van der Waals surface area contributed by atoms with Crippen molar-refractivity contribution in [2.24, 2.45) is 5.73 Å². The lowest BCUT2D eigenvalue weighted by molar-refractivity contribution is -0.187. The van der Waals surface area contributed by atoms with Crippen molar-refractivity contribution >= 4 is 15.9 Å². The van der Waals surface area contributed by atoms with Crippen molar-refractivity contribution in [1.82, 2.24) is 4.90 Å². The number of benzene rings is 1. The van der Waals surface area contributed by atoms with Crippen LogP contribution in [-0.4, -0.2) is 35.7 Å². The second-order valence-corrected chi connectivity index (χ2v) is 7.81. The van der Waals surface area contributed by atoms with Gasteiger partial charge in [0.2, 0.25) is 0 Å². The average Bonchev–Trinajstić information content (AvgIpc) is 2.30. The lowest BCUT2D eigenvalue weighted by Gasteiger charge is -2.49. The molecule has 0 radical (unpaired) electrons. The first-order valence-corrected chi connectivity index (χ1v) is 8.02. The second kappa shape index (κ2) is 5.95. The fourth-order valence-corrected chi connectivity index (χ4v) is 3.68. The molecule has 0 amide bonds. The summed E-state index contributed by atoms with van der Waals surface area (Å²) in [6, 6.07) is 5.18. The fraction of sp³-hybridized carbons (Fsp3) is 0.625. The molecule has 1 atom stereocenters. The summed E-state index contributed by atoms with van der Waals surface area (Å²) in [5, 5.41) is 0. The van der Waals surface area contributed by atoms with Gasteiger partial charge in [-0.15, -0.1) is 0 Å². The molecule has 1 unspecified atom stereocenters. The molecule has 2 N–H and O–H groups in total. The molecule has 21 heavy (non-hydrogen) atoms. The van der Waals surface area contributed by atoms with E-state index in [1.165, 1.54) is 6.07 Å². The van der Waals surface area contributed by atoms with Crippen LogP contribution in [0.15, 0.2) is 22.7 Å². The van der Waals surface area contributed by atoms with Gasteiger partial charge >= 0.3 is 0 Å². The third-order valence-electron chi connectivity index (χ3n) is 3.71. The zero-order valence-corrected chi connectivity index (χ0v) is 14.7. The van der Waals surface area contributed by atoms with Crippen LogP contribution in [0.2, 0.25) is 0 Å². The first-order valence-electron chi connectivity index (χ1n) is 7.23. The van der Waals surface area contributed by atoms with Gasteiger partial charge in [-0.3, -0.25) is 4.90 Å². The molecule has 1 aromatic rings. The standard InChI is InChI=1S/C16H24BrFN2O/c1-15(2)9-20(10-16(3,4)21-15)14(8-19)11-5-6-13(18)12(17)7-11/h5-7,14H,8-10,19H2,1-4H3. The molecule has 118 valence electrons. The highest BCUT2D eigenvalue weighted by molar-refractivity contribution is 9.10. The summed E-state index contributed by atoms with van der Waals surface area (Å²) in [6.07, 6.45) is 0. The molecular weight excluding hydrogens is 335 g/mol. The van der Waals surface area contributed by atoms with Crippen molar-refractivity contribution in [3.8, 4) is 0 Å².